The molecule has 0 bridgehead atoms. The molecule has 0 radical (unpaired) electrons. The van der Waals surface area contributed by atoms with Crippen LogP contribution in [0.5, 0.6) is 0 Å². The molecule has 1 aromatic rings. The summed E-state index contributed by atoms with van der Waals surface area (Å²) in [7, 11) is 0. The van der Waals surface area contributed by atoms with E-state index in [-0.39, 0.29) is 16.9 Å². The first-order valence-corrected chi connectivity index (χ1v) is 8.66. The monoisotopic (exact) mass is 387 g/mol. The molecule has 114 valence electrons. The lowest BCUT2D eigenvalue weighted by atomic mass is 9.66. The van der Waals surface area contributed by atoms with Gasteiger partial charge in [-0.25, -0.2) is 0 Å². The zero-order chi connectivity index (χ0) is 15.4. The molecule has 0 N–H and O–H groups in total. The van der Waals surface area contributed by atoms with E-state index in [0.717, 1.165) is 34.2 Å². The van der Waals surface area contributed by atoms with Gasteiger partial charge >= 0.3 is 0 Å². The van der Waals surface area contributed by atoms with Gasteiger partial charge in [0, 0.05) is 21.5 Å². The first-order chi connectivity index (χ1) is 9.73. The topological polar surface area (TPSA) is 12.5 Å². The van der Waals surface area contributed by atoms with Crippen LogP contribution in [-0.4, -0.2) is 29.6 Å². The van der Waals surface area contributed by atoms with Crippen molar-refractivity contribution in [2.75, 3.05) is 19.8 Å². The molecule has 2 saturated heterocycles. The molecule has 1 spiro atoms. The van der Waals surface area contributed by atoms with E-state index >= 15 is 0 Å². The van der Waals surface area contributed by atoms with Crippen molar-refractivity contribution in [2.24, 2.45) is 10.8 Å². The average Bonchev–Trinajstić information content (AvgIpc) is 2.22. The Bertz CT molecular complexity index is 574. The summed E-state index contributed by atoms with van der Waals surface area (Å²) in [4.78, 5) is 3.36. The Morgan fingerprint density at radius 1 is 1.38 bits per heavy atom. The maximum atomic E-state index is 6.23. The number of thiocarbonyl (C=S) groups is 1. The van der Waals surface area contributed by atoms with Crippen molar-refractivity contribution >= 4 is 44.7 Å². The van der Waals surface area contributed by atoms with Crippen LogP contribution >= 0.6 is 39.7 Å². The van der Waals surface area contributed by atoms with E-state index in [9.17, 15) is 0 Å². The molecule has 3 rings (SSSR count). The molecule has 0 amide bonds. The van der Waals surface area contributed by atoms with Gasteiger partial charge in [0.05, 0.1) is 29.7 Å². The van der Waals surface area contributed by atoms with Gasteiger partial charge in [-0.15, -0.1) is 0 Å². The Morgan fingerprint density at radius 3 is 2.52 bits per heavy atom. The lowest BCUT2D eigenvalue weighted by Gasteiger charge is -2.63. The van der Waals surface area contributed by atoms with Gasteiger partial charge in [-0.2, -0.15) is 0 Å². The van der Waals surface area contributed by atoms with Gasteiger partial charge in [0.1, 0.15) is 0 Å². The SMILES string of the molecule is CC(C)(C)C(=S)N1CC2(COC2)C1c1cc(Cl)cc(Br)c1. The minimum absolute atomic E-state index is 0.00436. The van der Waals surface area contributed by atoms with Crippen molar-refractivity contribution in [3.05, 3.63) is 33.3 Å². The molecule has 2 aliphatic heterocycles. The van der Waals surface area contributed by atoms with Crippen molar-refractivity contribution in [3.63, 3.8) is 0 Å². The third-order valence-electron chi connectivity index (χ3n) is 4.26. The van der Waals surface area contributed by atoms with Gasteiger partial charge in [0.25, 0.3) is 0 Å². The fraction of sp³-hybridized carbons (Fsp3) is 0.562. The summed E-state index contributed by atoms with van der Waals surface area (Å²) in [6.45, 7) is 9.11. The fourth-order valence-electron chi connectivity index (χ4n) is 3.23. The Labute approximate surface area is 144 Å². The number of halogens is 2. The van der Waals surface area contributed by atoms with Crippen LogP contribution in [0, 0.1) is 10.8 Å². The van der Waals surface area contributed by atoms with E-state index in [0.29, 0.717) is 0 Å². The minimum atomic E-state index is -0.00436. The summed E-state index contributed by atoms with van der Waals surface area (Å²) in [6.07, 6.45) is 0. The second kappa shape index (κ2) is 5.19. The van der Waals surface area contributed by atoms with E-state index in [1.165, 1.54) is 5.56 Å². The summed E-state index contributed by atoms with van der Waals surface area (Å²) in [5.74, 6) is 0. The Hall–Kier alpha value is -0.160. The molecule has 5 heteroatoms. The Balaban J connectivity index is 1.96. The highest BCUT2D eigenvalue weighted by Crippen LogP contribution is 2.55. The van der Waals surface area contributed by atoms with Gasteiger partial charge in [-0.1, -0.05) is 60.5 Å². The normalized spacial score (nSPS) is 23.7. The van der Waals surface area contributed by atoms with Crippen LogP contribution in [0.25, 0.3) is 0 Å². The Morgan fingerprint density at radius 2 is 2.05 bits per heavy atom. The maximum absolute atomic E-state index is 6.23. The third-order valence-corrected chi connectivity index (χ3v) is 5.78. The molecule has 2 heterocycles. The van der Waals surface area contributed by atoms with Crippen molar-refractivity contribution < 1.29 is 4.74 Å². The summed E-state index contributed by atoms with van der Waals surface area (Å²) >= 11 is 15.5. The second-order valence-electron chi connectivity index (χ2n) is 7.14. The Kier molecular flexibility index (Phi) is 3.89. The highest BCUT2D eigenvalue weighted by molar-refractivity contribution is 9.10. The number of benzene rings is 1. The van der Waals surface area contributed by atoms with Gasteiger partial charge in [-0.3, -0.25) is 0 Å². The highest BCUT2D eigenvalue weighted by Gasteiger charge is 2.59. The van der Waals surface area contributed by atoms with E-state index in [2.05, 4.69) is 53.7 Å². The van der Waals surface area contributed by atoms with Crippen LogP contribution in [0.3, 0.4) is 0 Å². The largest absolute Gasteiger partial charge is 0.380 e. The van der Waals surface area contributed by atoms with E-state index < -0.39 is 0 Å². The molecule has 1 unspecified atom stereocenters. The van der Waals surface area contributed by atoms with Crippen LogP contribution in [0.15, 0.2) is 22.7 Å². The van der Waals surface area contributed by atoms with Crippen molar-refractivity contribution in [2.45, 2.75) is 26.8 Å². The molecule has 0 aromatic heterocycles. The van der Waals surface area contributed by atoms with Crippen LogP contribution in [-0.2, 0) is 4.74 Å². The van der Waals surface area contributed by atoms with E-state index in [4.69, 9.17) is 28.6 Å². The lowest BCUT2D eigenvalue weighted by Crippen LogP contribution is -2.69. The number of rotatable bonds is 1. The molecular formula is C16H19BrClNOS. The first kappa shape index (κ1) is 15.7. The number of nitrogens with zero attached hydrogens (tertiary/aromatic N) is 1. The molecule has 21 heavy (non-hydrogen) atoms. The summed E-state index contributed by atoms with van der Waals surface area (Å²) < 4.78 is 6.50. The molecule has 0 saturated carbocycles. The van der Waals surface area contributed by atoms with Crippen molar-refractivity contribution in [1.29, 1.82) is 0 Å². The van der Waals surface area contributed by atoms with Crippen LogP contribution in [0.2, 0.25) is 5.02 Å². The summed E-state index contributed by atoms with van der Waals surface area (Å²) in [5.41, 5.74) is 1.42. The molecule has 0 aliphatic carbocycles. The lowest BCUT2D eigenvalue weighted by molar-refractivity contribution is -0.210. The summed E-state index contributed by atoms with van der Waals surface area (Å²) in [5, 5.41) is 0.753. The number of likely N-dealkylation sites (tertiary alicyclic amines) is 1. The van der Waals surface area contributed by atoms with E-state index in [1.807, 2.05) is 6.07 Å². The number of ether oxygens (including phenoxy) is 1. The van der Waals surface area contributed by atoms with Gasteiger partial charge < -0.3 is 9.64 Å². The maximum Gasteiger partial charge on any atom is 0.0839 e. The van der Waals surface area contributed by atoms with Crippen molar-refractivity contribution in [3.8, 4) is 0 Å². The highest BCUT2D eigenvalue weighted by atomic mass is 79.9. The van der Waals surface area contributed by atoms with Crippen LogP contribution in [0.1, 0.15) is 32.4 Å². The average molecular weight is 389 g/mol. The van der Waals surface area contributed by atoms with Crippen molar-refractivity contribution in [1.82, 2.24) is 4.90 Å². The van der Waals surface area contributed by atoms with Gasteiger partial charge in [0.2, 0.25) is 0 Å². The smallest absolute Gasteiger partial charge is 0.0839 e. The van der Waals surface area contributed by atoms with Gasteiger partial charge in [0.15, 0.2) is 0 Å². The quantitative estimate of drug-likeness (QED) is 0.638. The first-order valence-electron chi connectivity index (χ1n) is 7.08. The predicted molar refractivity (Wildman–Crippen MR) is 93.9 cm³/mol. The molecular weight excluding hydrogens is 370 g/mol. The number of hydrogen-bond acceptors (Lipinski definition) is 2. The fourth-order valence-corrected chi connectivity index (χ4v) is 4.29. The standard InChI is InChI=1S/C16H19BrClNOS/c1-15(2,3)14(21)19-7-16(8-20-9-16)13(19)10-4-11(17)6-12(18)5-10/h4-6,13H,7-9H2,1-3H3. The third kappa shape index (κ3) is 2.65. The number of hydrogen-bond donors (Lipinski definition) is 0. The van der Waals surface area contributed by atoms with Crippen LogP contribution in [0.4, 0.5) is 0 Å². The van der Waals surface area contributed by atoms with Crippen LogP contribution < -0.4 is 0 Å². The predicted octanol–water partition coefficient (Wildman–Crippen LogP) is 4.85. The zero-order valence-corrected chi connectivity index (χ0v) is 15.6. The molecule has 2 fully saturated rings. The molecule has 1 aromatic carbocycles. The minimum Gasteiger partial charge on any atom is -0.380 e. The second-order valence-corrected chi connectivity index (χ2v) is 8.88. The van der Waals surface area contributed by atoms with E-state index in [1.54, 1.807) is 0 Å². The summed E-state index contributed by atoms with van der Waals surface area (Å²) in [6, 6.07) is 6.38. The zero-order valence-electron chi connectivity index (χ0n) is 12.5. The molecule has 2 nitrogen and oxygen atoms in total. The molecule has 2 aliphatic rings. The molecule has 1 atom stereocenters. The van der Waals surface area contributed by atoms with Gasteiger partial charge in [-0.05, 0) is 23.8 Å².